The molecule has 0 aromatic carbocycles. The van der Waals surface area contributed by atoms with E-state index in [1.165, 1.54) is 12.8 Å². The van der Waals surface area contributed by atoms with Gasteiger partial charge in [0.05, 0.1) is 11.6 Å². The summed E-state index contributed by atoms with van der Waals surface area (Å²) in [5.74, 6) is 2.77. The van der Waals surface area contributed by atoms with Crippen LogP contribution in [0.25, 0.3) is 0 Å². The van der Waals surface area contributed by atoms with E-state index in [0.717, 1.165) is 12.8 Å². The average molecular weight is 195 g/mol. The summed E-state index contributed by atoms with van der Waals surface area (Å²) in [6, 6.07) is 0.562. The summed E-state index contributed by atoms with van der Waals surface area (Å²) in [5.41, 5.74) is -0.176. The molecule has 0 heterocycles. The topological polar surface area (TPSA) is 21.3 Å². The van der Waals surface area contributed by atoms with E-state index in [1.807, 2.05) is 0 Å². The molecule has 0 radical (unpaired) electrons. The van der Waals surface area contributed by atoms with Crippen LogP contribution in [0.1, 0.15) is 39.5 Å². The van der Waals surface area contributed by atoms with E-state index in [4.69, 9.17) is 11.2 Å². The van der Waals surface area contributed by atoms with Crippen molar-refractivity contribution in [2.45, 2.75) is 57.2 Å². The Bertz CT molecular complexity index is 209. The van der Waals surface area contributed by atoms with Gasteiger partial charge >= 0.3 is 0 Å². The van der Waals surface area contributed by atoms with Gasteiger partial charge < -0.3 is 4.74 Å². The number of hydrogen-bond donors (Lipinski definition) is 1. The molecule has 0 bridgehead atoms. The van der Waals surface area contributed by atoms with Crippen molar-refractivity contribution < 1.29 is 4.74 Å². The van der Waals surface area contributed by atoms with Crippen molar-refractivity contribution in [2.24, 2.45) is 0 Å². The molecule has 0 aliphatic heterocycles. The highest BCUT2D eigenvalue weighted by Gasteiger charge is 2.24. The Morgan fingerprint density at radius 2 is 1.86 bits per heavy atom. The number of hydrogen-bond acceptors (Lipinski definition) is 2. The van der Waals surface area contributed by atoms with Gasteiger partial charge in [0.1, 0.15) is 0 Å². The normalized spacial score (nSPS) is 28.4. The maximum Gasteiger partial charge on any atom is 0.0743 e. The molecule has 0 saturated heterocycles. The quantitative estimate of drug-likeness (QED) is 0.695. The van der Waals surface area contributed by atoms with E-state index >= 15 is 0 Å². The van der Waals surface area contributed by atoms with Crippen LogP contribution >= 0.6 is 0 Å². The third-order valence-corrected chi connectivity index (χ3v) is 2.93. The molecular formula is C12H21NO. The van der Waals surface area contributed by atoms with Gasteiger partial charge in [-0.2, -0.15) is 0 Å². The average Bonchev–Trinajstić information content (AvgIpc) is 2.19. The summed E-state index contributed by atoms with van der Waals surface area (Å²) in [7, 11) is 1.80. The maximum absolute atomic E-state index is 5.44. The predicted octanol–water partition coefficient (Wildman–Crippen LogP) is 1.95. The first kappa shape index (κ1) is 11.6. The van der Waals surface area contributed by atoms with Crippen LogP contribution < -0.4 is 5.32 Å². The Morgan fingerprint density at radius 1 is 1.29 bits per heavy atom. The minimum Gasteiger partial charge on any atom is -0.381 e. The second kappa shape index (κ2) is 4.82. The van der Waals surface area contributed by atoms with Gasteiger partial charge in [-0.05, 0) is 39.5 Å². The lowest BCUT2D eigenvalue weighted by atomic mass is 9.91. The second-order valence-electron chi connectivity index (χ2n) is 4.62. The fraction of sp³-hybridized carbons (Fsp3) is 0.833. The van der Waals surface area contributed by atoms with Crippen LogP contribution in [0.4, 0.5) is 0 Å². The molecule has 80 valence electrons. The minimum absolute atomic E-state index is 0.176. The summed E-state index contributed by atoms with van der Waals surface area (Å²) in [6.45, 7) is 4.10. The largest absolute Gasteiger partial charge is 0.381 e. The Balaban J connectivity index is 2.33. The van der Waals surface area contributed by atoms with E-state index in [1.54, 1.807) is 7.11 Å². The zero-order chi connectivity index (χ0) is 10.6. The van der Waals surface area contributed by atoms with E-state index in [9.17, 15) is 0 Å². The Kier molecular flexibility index (Phi) is 3.97. The third-order valence-electron chi connectivity index (χ3n) is 2.93. The maximum atomic E-state index is 5.44. The highest BCUT2D eigenvalue weighted by Crippen LogP contribution is 2.22. The van der Waals surface area contributed by atoms with Gasteiger partial charge in [0.25, 0.3) is 0 Å². The van der Waals surface area contributed by atoms with E-state index < -0.39 is 0 Å². The molecule has 2 heteroatoms. The van der Waals surface area contributed by atoms with Crippen molar-refractivity contribution >= 4 is 0 Å². The zero-order valence-corrected chi connectivity index (χ0v) is 9.47. The minimum atomic E-state index is -0.176. The fourth-order valence-corrected chi connectivity index (χ4v) is 1.99. The lowest BCUT2D eigenvalue weighted by Crippen LogP contribution is -2.46. The molecule has 1 aliphatic rings. The Morgan fingerprint density at radius 3 is 2.29 bits per heavy atom. The lowest BCUT2D eigenvalue weighted by molar-refractivity contribution is 0.0604. The highest BCUT2D eigenvalue weighted by atomic mass is 16.5. The van der Waals surface area contributed by atoms with Crippen molar-refractivity contribution in [1.82, 2.24) is 5.32 Å². The van der Waals surface area contributed by atoms with Crippen molar-refractivity contribution in [2.75, 3.05) is 7.11 Å². The first-order valence-electron chi connectivity index (χ1n) is 5.35. The molecule has 0 aromatic heterocycles. The van der Waals surface area contributed by atoms with Gasteiger partial charge in [-0.25, -0.2) is 0 Å². The van der Waals surface area contributed by atoms with Crippen LogP contribution in [-0.2, 0) is 4.74 Å². The van der Waals surface area contributed by atoms with Gasteiger partial charge in [0.15, 0.2) is 0 Å². The number of terminal acetylenes is 1. The first-order valence-corrected chi connectivity index (χ1v) is 5.35. The lowest BCUT2D eigenvalue weighted by Gasteiger charge is -2.33. The summed E-state index contributed by atoms with van der Waals surface area (Å²) in [5, 5.41) is 3.50. The number of rotatable bonds is 3. The Labute approximate surface area is 87.4 Å². The van der Waals surface area contributed by atoms with E-state index in [-0.39, 0.29) is 5.54 Å². The molecule has 1 aliphatic carbocycles. The van der Waals surface area contributed by atoms with Crippen LogP contribution in [-0.4, -0.2) is 24.8 Å². The van der Waals surface area contributed by atoms with Crippen molar-refractivity contribution in [3.63, 3.8) is 0 Å². The smallest absolute Gasteiger partial charge is 0.0743 e. The summed E-state index contributed by atoms with van der Waals surface area (Å²) >= 11 is 0. The number of ether oxygens (including phenoxy) is 1. The van der Waals surface area contributed by atoms with Crippen LogP contribution in [0.15, 0.2) is 0 Å². The summed E-state index contributed by atoms with van der Waals surface area (Å²) in [6.07, 6.45) is 10.5. The molecule has 0 aromatic rings. The molecule has 1 saturated carbocycles. The van der Waals surface area contributed by atoms with Gasteiger partial charge in [-0.1, -0.05) is 5.92 Å². The van der Waals surface area contributed by atoms with Crippen LogP contribution in [0.3, 0.4) is 0 Å². The van der Waals surface area contributed by atoms with Crippen molar-refractivity contribution in [1.29, 1.82) is 0 Å². The molecular weight excluding hydrogens is 174 g/mol. The monoisotopic (exact) mass is 195 g/mol. The third kappa shape index (κ3) is 3.32. The molecule has 0 amide bonds. The molecule has 0 unspecified atom stereocenters. The SMILES string of the molecule is C#CC(C)(C)NC1CCC(OC)CC1. The number of methoxy groups -OCH3 is 1. The molecule has 0 spiro atoms. The highest BCUT2D eigenvalue weighted by molar-refractivity contribution is 5.08. The molecule has 1 N–H and O–H groups in total. The van der Waals surface area contributed by atoms with Crippen molar-refractivity contribution in [3.05, 3.63) is 0 Å². The van der Waals surface area contributed by atoms with Crippen molar-refractivity contribution in [3.8, 4) is 12.3 Å². The van der Waals surface area contributed by atoms with Gasteiger partial charge in [-0.3, -0.25) is 5.32 Å². The summed E-state index contributed by atoms with van der Waals surface area (Å²) < 4.78 is 5.33. The fourth-order valence-electron chi connectivity index (χ4n) is 1.99. The zero-order valence-electron chi connectivity index (χ0n) is 9.47. The summed E-state index contributed by atoms with van der Waals surface area (Å²) in [4.78, 5) is 0. The molecule has 2 nitrogen and oxygen atoms in total. The predicted molar refractivity (Wildman–Crippen MR) is 59.1 cm³/mol. The van der Waals surface area contributed by atoms with Gasteiger partial charge in [0.2, 0.25) is 0 Å². The van der Waals surface area contributed by atoms with Gasteiger partial charge in [0, 0.05) is 13.2 Å². The van der Waals surface area contributed by atoms with Crippen LogP contribution in [0.5, 0.6) is 0 Å². The van der Waals surface area contributed by atoms with E-state index in [0.29, 0.717) is 12.1 Å². The second-order valence-corrected chi connectivity index (χ2v) is 4.62. The van der Waals surface area contributed by atoms with Crippen LogP contribution in [0.2, 0.25) is 0 Å². The number of nitrogens with one attached hydrogen (secondary N) is 1. The Hall–Kier alpha value is -0.520. The van der Waals surface area contributed by atoms with E-state index in [2.05, 4.69) is 25.1 Å². The molecule has 1 fully saturated rings. The molecule has 14 heavy (non-hydrogen) atoms. The standard InChI is InChI=1S/C12H21NO/c1-5-12(2,3)13-10-6-8-11(14-4)9-7-10/h1,10-11,13H,6-9H2,2-4H3. The van der Waals surface area contributed by atoms with Gasteiger partial charge in [-0.15, -0.1) is 6.42 Å². The molecule has 1 rings (SSSR count). The first-order chi connectivity index (χ1) is 6.57. The molecule has 0 atom stereocenters. The van der Waals surface area contributed by atoms with Crippen LogP contribution in [0, 0.1) is 12.3 Å².